The third-order valence-electron chi connectivity index (χ3n) is 3.89. The van der Waals surface area contributed by atoms with Gasteiger partial charge in [-0.25, -0.2) is 0 Å². The van der Waals surface area contributed by atoms with Gasteiger partial charge >= 0.3 is 0 Å². The molecule has 0 saturated heterocycles. The van der Waals surface area contributed by atoms with Gasteiger partial charge in [-0.3, -0.25) is 4.79 Å². The van der Waals surface area contributed by atoms with Crippen molar-refractivity contribution in [1.29, 1.82) is 0 Å². The normalized spacial score (nSPS) is 39.6. The number of rotatable bonds is 1. The highest BCUT2D eigenvalue weighted by atomic mass is 16.5. The summed E-state index contributed by atoms with van der Waals surface area (Å²) >= 11 is 0. The molecule has 3 aliphatic carbocycles. The number of ether oxygens (including phenoxy) is 1. The summed E-state index contributed by atoms with van der Waals surface area (Å²) in [5.41, 5.74) is 0.250. The third-order valence-corrected chi connectivity index (χ3v) is 3.89. The molecule has 0 radical (unpaired) electrons. The van der Waals surface area contributed by atoms with E-state index in [0.717, 1.165) is 12.2 Å². The van der Waals surface area contributed by atoms with Crippen LogP contribution in [-0.4, -0.2) is 12.9 Å². The van der Waals surface area contributed by atoms with Crippen molar-refractivity contribution in [1.82, 2.24) is 0 Å². The fraction of sp³-hybridized carbons (Fsp3) is 0.750. The number of methoxy groups -OCH3 is 1. The van der Waals surface area contributed by atoms with Gasteiger partial charge in [0, 0.05) is 5.92 Å². The standard InChI is InChI=1S/C12H18O2/c1-7-9-5-10(14-4)8(11(7)13)6-12(9,2)3/h5,7-9H,6H2,1-4H3/t7-,8+,9+/m1/s1. The second-order valence-electron chi connectivity index (χ2n) is 5.24. The van der Waals surface area contributed by atoms with Gasteiger partial charge in [-0.1, -0.05) is 20.8 Å². The zero-order chi connectivity index (χ0) is 10.5. The number of carbonyl (C=O) groups excluding carboxylic acids is 1. The smallest absolute Gasteiger partial charge is 0.146 e. The van der Waals surface area contributed by atoms with Crippen LogP contribution in [0, 0.1) is 23.2 Å². The molecule has 0 aliphatic heterocycles. The lowest BCUT2D eigenvalue weighted by Crippen LogP contribution is -2.48. The average Bonchev–Trinajstić information content (AvgIpc) is 2.12. The van der Waals surface area contributed by atoms with E-state index >= 15 is 0 Å². The summed E-state index contributed by atoms with van der Waals surface area (Å²) in [5, 5.41) is 0. The Morgan fingerprint density at radius 1 is 1.50 bits per heavy atom. The molecule has 78 valence electrons. The summed E-state index contributed by atoms with van der Waals surface area (Å²) < 4.78 is 5.28. The first-order chi connectivity index (χ1) is 6.47. The number of fused-ring (bicyclic) bond motifs is 2. The summed E-state index contributed by atoms with van der Waals surface area (Å²) in [4.78, 5) is 11.9. The van der Waals surface area contributed by atoms with Gasteiger partial charge in [0.25, 0.3) is 0 Å². The lowest BCUT2D eigenvalue weighted by atomic mass is 9.56. The Hall–Kier alpha value is -0.790. The molecule has 2 heteroatoms. The SMILES string of the molecule is COC1=C[C@H]2[C@@H](C)C(=O)[C@H]1CC2(C)C. The molecule has 3 aliphatic rings. The number of ketones is 1. The summed E-state index contributed by atoms with van der Waals surface area (Å²) in [7, 11) is 1.66. The summed E-state index contributed by atoms with van der Waals surface area (Å²) in [6.07, 6.45) is 3.11. The van der Waals surface area contributed by atoms with E-state index in [4.69, 9.17) is 4.74 Å². The zero-order valence-corrected chi connectivity index (χ0v) is 9.33. The molecule has 1 saturated carbocycles. The van der Waals surface area contributed by atoms with E-state index in [1.165, 1.54) is 0 Å². The Balaban J connectivity index is 2.43. The fourth-order valence-electron chi connectivity index (χ4n) is 3.05. The molecule has 0 aromatic rings. The van der Waals surface area contributed by atoms with E-state index in [1.807, 2.05) is 6.92 Å². The number of hydrogen-bond donors (Lipinski definition) is 0. The van der Waals surface area contributed by atoms with Crippen LogP contribution in [0.25, 0.3) is 0 Å². The first-order valence-corrected chi connectivity index (χ1v) is 5.27. The molecule has 3 atom stereocenters. The van der Waals surface area contributed by atoms with Crippen molar-refractivity contribution in [2.75, 3.05) is 7.11 Å². The van der Waals surface area contributed by atoms with Crippen LogP contribution >= 0.6 is 0 Å². The predicted molar refractivity (Wildman–Crippen MR) is 54.6 cm³/mol. The van der Waals surface area contributed by atoms with E-state index in [2.05, 4.69) is 19.9 Å². The summed E-state index contributed by atoms with van der Waals surface area (Å²) in [5.74, 6) is 1.82. The number of Topliss-reactive ketones (excluding diaryl/α,β-unsaturated/α-hetero) is 1. The highest BCUT2D eigenvalue weighted by Crippen LogP contribution is 2.52. The van der Waals surface area contributed by atoms with Gasteiger partial charge in [-0.15, -0.1) is 0 Å². The molecule has 2 bridgehead atoms. The van der Waals surface area contributed by atoms with Crippen LogP contribution in [0.3, 0.4) is 0 Å². The Labute approximate surface area is 85.3 Å². The molecule has 0 spiro atoms. The first-order valence-electron chi connectivity index (χ1n) is 5.27. The van der Waals surface area contributed by atoms with Crippen LogP contribution in [0.15, 0.2) is 11.8 Å². The van der Waals surface area contributed by atoms with Crippen LogP contribution in [0.4, 0.5) is 0 Å². The quantitative estimate of drug-likeness (QED) is 0.640. The topological polar surface area (TPSA) is 26.3 Å². The van der Waals surface area contributed by atoms with Crippen molar-refractivity contribution < 1.29 is 9.53 Å². The number of hydrogen-bond acceptors (Lipinski definition) is 2. The fourth-order valence-corrected chi connectivity index (χ4v) is 3.05. The molecular weight excluding hydrogens is 176 g/mol. The van der Waals surface area contributed by atoms with E-state index in [9.17, 15) is 4.79 Å². The molecule has 0 N–H and O–H groups in total. The maximum absolute atomic E-state index is 11.9. The summed E-state index contributed by atoms with van der Waals surface area (Å²) in [6.45, 7) is 6.54. The molecule has 14 heavy (non-hydrogen) atoms. The van der Waals surface area contributed by atoms with E-state index in [1.54, 1.807) is 7.11 Å². The predicted octanol–water partition coefficient (Wildman–Crippen LogP) is 2.40. The Bertz CT molecular complexity index is 301. The molecule has 0 amide bonds. The van der Waals surface area contributed by atoms with Crippen molar-refractivity contribution in [2.24, 2.45) is 23.2 Å². The number of allylic oxidation sites excluding steroid dienone is 2. The highest BCUT2D eigenvalue weighted by molar-refractivity contribution is 5.88. The molecular formula is C12H18O2. The van der Waals surface area contributed by atoms with E-state index in [0.29, 0.717) is 11.7 Å². The molecule has 0 aromatic carbocycles. The first kappa shape index (κ1) is 9.75. The monoisotopic (exact) mass is 194 g/mol. The summed E-state index contributed by atoms with van der Waals surface area (Å²) in [6, 6.07) is 0. The Kier molecular flexibility index (Phi) is 1.98. The second kappa shape index (κ2) is 2.85. The van der Waals surface area contributed by atoms with Gasteiger partial charge in [-0.05, 0) is 23.8 Å². The number of carbonyl (C=O) groups is 1. The van der Waals surface area contributed by atoms with Gasteiger partial charge in [0.15, 0.2) is 0 Å². The second-order valence-corrected chi connectivity index (χ2v) is 5.24. The van der Waals surface area contributed by atoms with Crippen LogP contribution in [0.2, 0.25) is 0 Å². The maximum atomic E-state index is 11.9. The van der Waals surface area contributed by atoms with Crippen LogP contribution < -0.4 is 0 Å². The van der Waals surface area contributed by atoms with E-state index in [-0.39, 0.29) is 17.3 Å². The Morgan fingerprint density at radius 2 is 2.14 bits per heavy atom. The molecule has 1 fully saturated rings. The Morgan fingerprint density at radius 3 is 2.71 bits per heavy atom. The molecule has 0 unspecified atom stereocenters. The minimum Gasteiger partial charge on any atom is -0.501 e. The largest absolute Gasteiger partial charge is 0.501 e. The van der Waals surface area contributed by atoms with Crippen molar-refractivity contribution in [2.45, 2.75) is 27.2 Å². The lowest BCUT2D eigenvalue weighted by Gasteiger charge is -2.48. The van der Waals surface area contributed by atoms with Crippen molar-refractivity contribution in [3.8, 4) is 0 Å². The van der Waals surface area contributed by atoms with E-state index < -0.39 is 0 Å². The van der Waals surface area contributed by atoms with Gasteiger partial charge in [-0.2, -0.15) is 0 Å². The lowest BCUT2D eigenvalue weighted by molar-refractivity contribution is -0.136. The van der Waals surface area contributed by atoms with Crippen LogP contribution in [-0.2, 0) is 9.53 Å². The van der Waals surface area contributed by atoms with Crippen molar-refractivity contribution in [3.63, 3.8) is 0 Å². The zero-order valence-electron chi connectivity index (χ0n) is 9.33. The van der Waals surface area contributed by atoms with Crippen molar-refractivity contribution in [3.05, 3.63) is 11.8 Å². The van der Waals surface area contributed by atoms with Crippen LogP contribution in [0.1, 0.15) is 27.2 Å². The molecule has 2 nitrogen and oxygen atoms in total. The minimum atomic E-state index is 0.0231. The highest BCUT2D eigenvalue weighted by Gasteiger charge is 2.50. The van der Waals surface area contributed by atoms with Gasteiger partial charge in [0.1, 0.15) is 11.5 Å². The molecule has 3 rings (SSSR count). The van der Waals surface area contributed by atoms with Crippen molar-refractivity contribution >= 4 is 5.78 Å². The molecule has 0 heterocycles. The van der Waals surface area contributed by atoms with Crippen LogP contribution in [0.5, 0.6) is 0 Å². The minimum absolute atomic E-state index is 0.0231. The average molecular weight is 194 g/mol. The maximum Gasteiger partial charge on any atom is 0.146 e. The van der Waals surface area contributed by atoms with Gasteiger partial charge < -0.3 is 4.74 Å². The van der Waals surface area contributed by atoms with Gasteiger partial charge in [0.05, 0.1) is 13.0 Å². The molecule has 0 aromatic heterocycles. The third kappa shape index (κ3) is 1.13. The van der Waals surface area contributed by atoms with Gasteiger partial charge in [0.2, 0.25) is 0 Å².